The minimum Gasteiger partial charge on any atom is -0.364 e. The van der Waals surface area contributed by atoms with E-state index in [4.69, 9.17) is 0 Å². The molecule has 6 heteroatoms. The summed E-state index contributed by atoms with van der Waals surface area (Å²) in [7, 11) is 1.82. The lowest BCUT2D eigenvalue weighted by atomic mass is 10.3. The molecule has 0 aliphatic rings. The van der Waals surface area contributed by atoms with Gasteiger partial charge in [-0.2, -0.15) is 4.98 Å². The van der Waals surface area contributed by atoms with Gasteiger partial charge in [0.15, 0.2) is 0 Å². The Morgan fingerprint density at radius 2 is 2.15 bits per heavy atom. The molecule has 0 atom stereocenters. The summed E-state index contributed by atoms with van der Waals surface area (Å²) in [5.41, 5.74) is 0.984. The number of anilines is 2. The first-order valence-electron chi connectivity index (χ1n) is 6.36. The summed E-state index contributed by atoms with van der Waals surface area (Å²) in [6.07, 6.45) is 1.79. The number of hydrogen-bond donors (Lipinski definition) is 2. The standard InChI is InChI=1S/C14H15N5S/c1-9-7-11-12(17-8-10-5-3-4-6-16-10)18-14(15-2)19-13(11)20-9/h3-7H,8H2,1-2H3,(H2,15,17,18,19). The molecule has 0 unspecified atom stereocenters. The summed E-state index contributed by atoms with van der Waals surface area (Å²) in [5.74, 6) is 1.47. The van der Waals surface area contributed by atoms with Crippen molar-refractivity contribution >= 4 is 33.3 Å². The van der Waals surface area contributed by atoms with E-state index in [0.29, 0.717) is 12.5 Å². The number of thiophene rings is 1. The second-order valence-electron chi connectivity index (χ2n) is 4.40. The molecule has 0 aromatic carbocycles. The maximum Gasteiger partial charge on any atom is 0.225 e. The van der Waals surface area contributed by atoms with Crippen molar-refractivity contribution in [3.05, 3.63) is 41.0 Å². The molecular weight excluding hydrogens is 270 g/mol. The highest BCUT2D eigenvalue weighted by molar-refractivity contribution is 7.18. The fourth-order valence-corrected chi connectivity index (χ4v) is 2.84. The van der Waals surface area contributed by atoms with Crippen LogP contribution in [0.4, 0.5) is 11.8 Å². The highest BCUT2D eigenvalue weighted by atomic mass is 32.1. The zero-order valence-corrected chi connectivity index (χ0v) is 12.2. The van der Waals surface area contributed by atoms with Crippen molar-refractivity contribution in [3.8, 4) is 0 Å². The number of nitrogens with zero attached hydrogens (tertiary/aromatic N) is 3. The van der Waals surface area contributed by atoms with E-state index >= 15 is 0 Å². The first-order valence-corrected chi connectivity index (χ1v) is 7.17. The first-order chi connectivity index (χ1) is 9.76. The van der Waals surface area contributed by atoms with Gasteiger partial charge in [-0.25, -0.2) is 4.98 Å². The minimum absolute atomic E-state index is 0.628. The van der Waals surface area contributed by atoms with Crippen LogP contribution in [-0.2, 0) is 6.54 Å². The molecule has 3 aromatic heterocycles. The molecule has 3 rings (SSSR count). The predicted octanol–water partition coefficient (Wildman–Crippen LogP) is 3.05. The number of aromatic nitrogens is 3. The van der Waals surface area contributed by atoms with Crippen molar-refractivity contribution in [1.29, 1.82) is 0 Å². The van der Waals surface area contributed by atoms with Gasteiger partial charge in [0.05, 0.1) is 17.6 Å². The van der Waals surface area contributed by atoms with Gasteiger partial charge in [0.2, 0.25) is 5.95 Å². The number of nitrogens with one attached hydrogen (secondary N) is 2. The van der Waals surface area contributed by atoms with E-state index < -0.39 is 0 Å². The maximum atomic E-state index is 4.49. The number of fused-ring (bicyclic) bond motifs is 1. The Labute approximate surface area is 121 Å². The average molecular weight is 285 g/mol. The third kappa shape index (κ3) is 2.55. The summed E-state index contributed by atoms with van der Waals surface area (Å²) in [4.78, 5) is 15.5. The molecule has 0 fully saturated rings. The van der Waals surface area contributed by atoms with E-state index in [1.165, 1.54) is 4.88 Å². The van der Waals surface area contributed by atoms with Crippen LogP contribution in [0.1, 0.15) is 10.6 Å². The van der Waals surface area contributed by atoms with Crippen molar-refractivity contribution < 1.29 is 0 Å². The smallest absolute Gasteiger partial charge is 0.225 e. The van der Waals surface area contributed by atoms with Gasteiger partial charge in [0.1, 0.15) is 10.6 Å². The molecule has 0 bridgehead atoms. The van der Waals surface area contributed by atoms with Crippen molar-refractivity contribution in [1.82, 2.24) is 15.0 Å². The van der Waals surface area contributed by atoms with E-state index in [1.807, 2.05) is 25.2 Å². The lowest BCUT2D eigenvalue weighted by Crippen LogP contribution is -2.05. The molecule has 0 aliphatic carbocycles. The molecule has 0 amide bonds. The third-order valence-corrected chi connectivity index (χ3v) is 3.85. The van der Waals surface area contributed by atoms with Crippen LogP contribution < -0.4 is 10.6 Å². The van der Waals surface area contributed by atoms with Crippen molar-refractivity contribution in [2.75, 3.05) is 17.7 Å². The summed E-state index contributed by atoms with van der Waals surface area (Å²) >= 11 is 1.67. The topological polar surface area (TPSA) is 62.7 Å². The van der Waals surface area contributed by atoms with Gasteiger partial charge < -0.3 is 10.6 Å². The van der Waals surface area contributed by atoms with E-state index in [0.717, 1.165) is 21.7 Å². The third-order valence-electron chi connectivity index (χ3n) is 2.90. The van der Waals surface area contributed by atoms with E-state index in [9.17, 15) is 0 Å². The van der Waals surface area contributed by atoms with Crippen LogP contribution in [0, 0.1) is 6.92 Å². The molecule has 0 saturated carbocycles. The Morgan fingerprint density at radius 1 is 1.25 bits per heavy atom. The lowest BCUT2D eigenvalue weighted by Gasteiger charge is -2.08. The summed E-state index contributed by atoms with van der Waals surface area (Å²) in [6.45, 7) is 2.72. The normalized spacial score (nSPS) is 10.7. The Bertz CT molecular complexity index is 723. The van der Waals surface area contributed by atoms with Gasteiger partial charge in [0, 0.05) is 18.1 Å². The van der Waals surface area contributed by atoms with Gasteiger partial charge in [0.25, 0.3) is 0 Å². The van der Waals surface area contributed by atoms with Crippen LogP contribution in [0.5, 0.6) is 0 Å². The van der Waals surface area contributed by atoms with Gasteiger partial charge in [-0.1, -0.05) is 6.07 Å². The van der Waals surface area contributed by atoms with Gasteiger partial charge in [-0.3, -0.25) is 4.98 Å². The number of hydrogen-bond acceptors (Lipinski definition) is 6. The number of pyridine rings is 1. The van der Waals surface area contributed by atoms with Crippen LogP contribution in [-0.4, -0.2) is 22.0 Å². The molecule has 0 aliphatic heterocycles. The molecule has 3 heterocycles. The summed E-state index contributed by atoms with van der Waals surface area (Å²) in [5, 5.41) is 7.40. The quantitative estimate of drug-likeness (QED) is 0.771. The Kier molecular flexibility index (Phi) is 3.47. The minimum atomic E-state index is 0.628. The first kappa shape index (κ1) is 12.8. The second kappa shape index (κ2) is 5.42. The fraction of sp³-hybridized carbons (Fsp3) is 0.214. The fourth-order valence-electron chi connectivity index (χ4n) is 1.97. The van der Waals surface area contributed by atoms with Crippen molar-refractivity contribution in [2.24, 2.45) is 0 Å². The molecule has 0 radical (unpaired) electrons. The molecule has 102 valence electrons. The van der Waals surface area contributed by atoms with E-state index in [-0.39, 0.29) is 0 Å². The summed E-state index contributed by atoms with van der Waals surface area (Å²) in [6, 6.07) is 7.99. The van der Waals surface area contributed by atoms with Crippen LogP contribution in [0.3, 0.4) is 0 Å². The van der Waals surface area contributed by atoms with Gasteiger partial charge in [-0.05, 0) is 25.1 Å². The van der Waals surface area contributed by atoms with Crippen molar-refractivity contribution in [3.63, 3.8) is 0 Å². The highest BCUT2D eigenvalue weighted by Crippen LogP contribution is 2.29. The largest absolute Gasteiger partial charge is 0.364 e. The van der Waals surface area contributed by atoms with E-state index in [2.05, 4.69) is 38.6 Å². The van der Waals surface area contributed by atoms with Gasteiger partial charge in [-0.15, -0.1) is 11.3 Å². The Morgan fingerprint density at radius 3 is 2.90 bits per heavy atom. The SMILES string of the molecule is CNc1nc(NCc2ccccn2)c2cc(C)sc2n1. The molecule has 20 heavy (non-hydrogen) atoms. The molecule has 0 saturated heterocycles. The van der Waals surface area contributed by atoms with Crippen LogP contribution in [0.15, 0.2) is 30.5 Å². The Balaban J connectivity index is 1.93. The van der Waals surface area contributed by atoms with Crippen LogP contribution in [0.2, 0.25) is 0 Å². The number of rotatable bonds is 4. The summed E-state index contributed by atoms with van der Waals surface area (Å²) < 4.78 is 0. The second-order valence-corrected chi connectivity index (χ2v) is 5.63. The highest BCUT2D eigenvalue weighted by Gasteiger charge is 2.09. The Hall–Kier alpha value is -2.21. The zero-order chi connectivity index (χ0) is 13.9. The molecular formula is C14H15N5S. The van der Waals surface area contributed by atoms with Crippen molar-refractivity contribution in [2.45, 2.75) is 13.5 Å². The van der Waals surface area contributed by atoms with Gasteiger partial charge >= 0.3 is 0 Å². The average Bonchev–Trinajstić information content (AvgIpc) is 2.86. The monoisotopic (exact) mass is 285 g/mol. The zero-order valence-electron chi connectivity index (χ0n) is 11.3. The molecule has 0 spiro atoms. The van der Waals surface area contributed by atoms with E-state index in [1.54, 1.807) is 17.5 Å². The number of aryl methyl sites for hydroxylation is 1. The molecule has 2 N–H and O–H groups in total. The lowest BCUT2D eigenvalue weighted by molar-refractivity contribution is 1.03. The molecule has 3 aromatic rings. The van der Waals surface area contributed by atoms with Crippen LogP contribution in [0.25, 0.3) is 10.2 Å². The predicted molar refractivity (Wildman–Crippen MR) is 83.3 cm³/mol. The maximum absolute atomic E-state index is 4.49. The van der Waals surface area contributed by atoms with Crippen LogP contribution >= 0.6 is 11.3 Å². The molecule has 5 nitrogen and oxygen atoms in total.